The number of rotatable bonds is 4. The fraction of sp³-hybridized carbons (Fsp3) is 0.900. The van der Waals surface area contributed by atoms with Crippen LogP contribution in [0.3, 0.4) is 0 Å². The number of aliphatic hydroxyl groups excluding tert-OH is 1. The zero-order valence-electron chi connectivity index (χ0n) is 9.46. The van der Waals surface area contributed by atoms with Gasteiger partial charge in [-0.3, -0.25) is 5.32 Å². The van der Waals surface area contributed by atoms with Gasteiger partial charge in [-0.15, -0.1) is 0 Å². The second-order valence-corrected chi connectivity index (χ2v) is 4.30. The predicted molar refractivity (Wildman–Crippen MR) is 54.9 cm³/mol. The Bertz CT molecular complexity index is 175. The molecule has 0 saturated carbocycles. The van der Waals surface area contributed by atoms with E-state index in [4.69, 9.17) is 4.74 Å². The van der Waals surface area contributed by atoms with Crippen LogP contribution in [0.1, 0.15) is 47.0 Å². The quantitative estimate of drug-likeness (QED) is 0.687. The van der Waals surface area contributed by atoms with E-state index in [0.29, 0.717) is 6.42 Å². The normalized spacial score (nSPS) is 13.5. The molecule has 0 saturated heterocycles. The molecule has 0 aliphatic heterocycles. The highest BCUT2D eigenvalue weighted by Gasteiger charge is 2.17. The molecule has 2 N–H and O–H groups in total. The maximum absolute atomic E-state index is 11.1. The van der Waals surface area contributed by atoms with Gasteiger partial charge in [-0.25, -0.2) is 4.79 Å². The molecule has 0 aromatic rings. The van der Waals surface area contributed by atoms with Crippen molar-refractivity contribution in [3.63, 3.8) is 0 Å². The molecule has 0 aliphatic rings. The topological polar surface area (TPSA) is 58.6 Å². The molecule has 0 aromatic carbocycles. The summed E-state index contributed by atoms with van der Waals surface area (Å²) in [4.78, 5) is 11.1. The average molecular weight is 203 g/mol. The Balaban J connectivity index is 3.71. The lowest BCUT2D eigenvalue weighted by molar-refractivity contribution is 0.0341. The van der Waals surface area contributed by atoms with Crippen molar-refractivity contribution in [2.75, 3.05) is 0 Å². The van der Waals surface area contributed by atoms with E-state index in [1.54, 1.807) is 20.8 Å². The first-order valence-corrected chi connectivity index (χ1v) is 5.02. The number of hydrogen-bond donors (Lipinski definition) is 2. The van der Waals surface area contributed by atoms with Crippen LogP contribution in [0.15, 0.2) is 0 Å². The summed E-state index contributed by atoms with van der Waals surface area (Å²) >= 11 is 0. The van der Waals surface area contributed by atoms with Gasteiger partial charge in [0.05, 0.1) is 0 Å². The Morgan fingerprint density at radius 2 is 2.07 bits per heavy atom. The number of carbonyl (C=O) groups excluding carboxylic acids is 1. The van der Waals surface area contributed by atoms with Gasteiger partial charge < -0.3 is 9.84 Å². The highest BCUT2D eigenvalue weighted by Crippen LogP contribution is 2.07. The average Bonchev–Trinajstić information content (AvgIpc) is 1.96. The Hall–Kier alpha value is -0.770. The molecule has 4 heteroatoms. The smallest absolute Gasteiger partial charge is 0.409 e. The lowest BCUT2D eigenvalue weighted by Crippen LogP contribution is -2.38. The van der Waals surface area contributed by atoms with E-state index < -0.39 is 17.9 Å². The standard InChI is InChI=1S/C10H21NO3/c1-5-6-7-8(12)11-9(13)14-10(2,3)4/h8,12H,5-7H2,1-4H3,(H,11,13). The number of carbonyl (C=O) groups is 1. The van der Waals surface area contributed by atoms with Crippen LogP contribution in [-0.4, -0.2) is 23.0 Å². The van der Waals surface area contributed by atoms with Crippen molar-refractivity contribution in [1.82, 2.24) is 5.32 Å². The van der Waals surface area contributed by atoms with Crippen molar-refractivity contribution in [1.29, 1.82) is 0 Å². The van der Waals surface area contributed by atoms with E-state index in [-0.39, 0.29) is 0 Å². The zero-order valence-corrected chi connectivity index (χ0v) is 9.46. The first-order valence-electron chi connectivity index (χ1n) is 5.02. The van der Waals surface area contributed by atoms with Crippen LogP contribution < -0.4 is 5.32 Å². The van der Waals surface area contributed by atoms with Crippen molar-refractivity contribution in [3.8, 4) is 0 Å². The second-order valence-electron chi connectivity index (χ2n) is 4.30. The largest absolute Gasteiger partial charge is 0.444 e. The molecule has 0 bridgehead atoms. The van der Waals surface area contributed by atoms with Gasteiger partial charge in [0.25, 0.3) is 0 Å². The minimum absolute atomic E-state index is 0.519. The molecule has 0 radical (unpaired) electrons. The fourth-order valence-electron chi connectivity index (χ4n) is 0.913. The van der Waals surface area contributed by atoms with Crippen LogP contribution in [0.4, 0.5) is 4.79 Å². The van der Waals surface area contributed by atoms with Gasteiger partial charge >= 0.3 is 6.09 Å². The molecule has 0 fully saturated rings. The molecule has 84 valence electrons. The van der Waals surface area contributed by atoms with Crippen LogP contribution in [0, 0.1) is 0 Å². The van der Waals surface area contributed by atoms with E-state index in [1.165, 1.54) is 0 Å². The molecular formula is C10H21NO3. The number of nitrogens with one attached hydrogen (secondary N) is 1. The summed E-state index contributed by atoms with van der Waals surface area (Å²) in [5.74, 6) is 0. The Kier molecular flexibility index (Phi) is 5.53. The first-order chi connectivity index (χ1) is 6.35. The van der Waals surface area contributed by atoms with Crippen LogP contribution in [0.5, 0.6) is 0 Å². The summed E-state index contributed by atoms with van der Waals surface area (Å²) in [7, 11) is 0. The molecule has 1 atom stereocenters. The number of hydrogen-bond acceptors (Lipinski definition) is 3. The minimum Gasteiger partial charge on any atom is -0.444 e. The summed E-state index contributed by atoms with van der Waals surface area (Å²) in [6.45, 7) is 7.38. The van der Waals surface area contributed by atoms with Crippen LogP contribution in [0.25, 0.3) is 0 Å². The second kappa shape index (κ2) is 5.86. The number of amides is 1. The van der Waals surface area contributed by atoms with Crippen LogP contribution >= 0.6 is 0 Å². The molecule has 0 rings (SSSR count). The van der Waals surface area contributed by atoms with Gasteiger partial charge in [0, 0.05) is 0 Å². The number of aliphatic hydroxyl groups is 1. The molecule has 1 unspecified atom stereocenters. The summed E-state index contributed by atoms with van der Waals surface area (Å²) in [6.07, 6.45) is 1.07. The molecule has 0 heterocycles. The Morgan fingerprint density at radius 3 is 2.50 bits per heavy atom. The van der Waals surface area contributed by atoms with Crippen molar-refractivity contribution in [2.24, 2.45) is 0 Å². The molecule has 0 aliphatic carbocycles. The molecule has 0 spiro atoms. The van der Waals surface area contributed by atoms with Crippen molar-refractivity contribution in [2.45, 2.75) is 58.8 Å². The van der Waals surface area contributed by atoms with Crippen molar-refractivity contribution in [3.05, 3.63) is 0 Å². The molecule has 14 heavy (non-hydrogen) atoms. The third-order valence-corrected chi connectivity index (χ3v) is 1.51. The summed E-state index contributed by atoms with van der Waals surface area (Å²) in [6, 6.07) is 0. The maximum atomic E-state index is 11.1. The van der Waals surface area contributed by atoms with Crippen molar-refractivity contribution >= 4 is 6.09 Å². The van der Waals surface area contributed by atoms with Gasteiger partial charge in [-0.1, -0.05) is 13.3 Å². The molecule has 1 amide bonds. The van der Waals surface area contributed by atoms with Gasteiger partial charge in [-0.05, 0) is 33.6 Å². The van der Waals surface area contributed by atoms with Crippen molar-refractivity contribution < 1.29 is 14.6 Å². The third-order valence-electron chi connectivity index (χ3n) is 1.51. The Morgan fingerprint density at radius 1 is 1.50 bits per heavy atom. The lowest BCUT2D eigenvalue weighted by Gasteiger charge is -2.21. The van der Waals surface area contributed by atoms with E-state index in [0.717, 1.165) is 12.8 Å². The highest BCUT2D eigenvalue weighted by molar-refractivity contribution is 5.67. The molecule has 4 nitrogen and oxygen atoms in total. The maximum Gasteiger partial charge on any atom is 0.409 e. The van der Waals surface area contributed by atoms with E-state index in [1.807, 2.05) is 6.92 Å². The van der Waals surface area contributed by atoms with Gasteiger partial charge in [0.1, 0.15) is 11.8 Å². The monoisotopic (exact) mass is 203 g/mol. The zero-order chi connectivity index (χ0) is 11.2. The summed E-state index contributed by atoms with van der Waals surface area (Å²) in [5, 5.41) is 11.7. The lowest BCUT2D eigenvalue weighted by atomic mass is 10.2. The molecular weight excluding hydrogens is 182 g/mol. The van der Waals surface area contributed by atoms with E-state index >= 15 is 0 Å². The number of unbranched alkanes of at least 4 members (excludes halogenated alkanes) is 1. The SMILES string of the molecule is CCCCC(O)NC(=O)OC(C)(C)C. The first kappa shape index (κ1) is 13.2. The fourth-order valence-corrected chi connectivity index (χ4v) is 0.913. The summed E-state index contributed by atoms with van der Waals surface area (Å²) in [5.41, 5.74) is -0.519. The van der Waals surface area contributed by atoms with Gasteiger partial charge in [0.15, 0.2) is 0 Å². The van der Waals surface area contributed by atoms with E-state index in [2.05, 4.69) is 5.32 Å². The van der Waals surface area contributed by atoms with Crippen LogP contribution in [-0.2, 0) is 4.74 Å². The molecule has 0 aromatic heterocycles. The van der Waals surface area contributed by atoms with Gasteiger partial charge in [0.2, 0.25) is 0 Å². The minimum atomic E-state index is -0.801. The Labute approximate surface area is 85.6 Å². The third kappa shape index (κ3) is 7.86. The summed E-state index contributed by atoms with van der Waals surface area (Å²) < 4.78 is 4.98. The number of ether oxygens (including phenoxy) is 1. The van der Waals surface area contributed by atoms with E-state index in [9.17, 15) is 9.90 Å². The highest BCUT2D eigenvalue weighted by atomic mass is 16.6. The predicted octanol–water partition coefficient (Wildman–Crippen LogP) is 2.02. The number of alkyl carbamates (subject to hydrolysis) is 1. The van der Waals surface area contributed by atoms with Gasteiger partial charge in [-0.2, -0.15) is 0 Å². The van der Waals surface area contributed by atoms with Crippen LogP contribution in [0.2, 0.25) is 0 Å².